The first-order valence-electron chi connectivity index (χ1n) is 9.21. The SMILES string of the molecule is CCOC(=O)C(CCSC)NC(=O)[C@@H]1CCCN1C(=O)C(C)CSC(C)=O. The Morgan fingerprint density at radius 2 is 2.00 bits per heavy atom. The Kier molecular flexibility index (Phi) is 10.8. The second kappa shape index (κ2) is 12.3. The maximum absolute atomic E-state index is 12.8. The lowest BCUT2D eigenvalue weighted by atomic mass is 10.1. The smallest absolute Gasteiger partial charge is 0.328 e. The van der Waals surface area contributed by atoms with Crippen molar-refractivity contribution in [2.45, 2.75) is 52.1 Å². The molecule has 2 unspecified atom stereocenters. The quantitative estimate of drug-likeness (QED) is 0.540. The molecule has 2 amide bonds. The van der Waals surface area contributed by atoms with Gasteiger partial charge in [-0.3, -0.25) is 14.4 Å². The van der Waals surface area contributed by atoms with Crippen molar-refractivity contribution >= 4 is 46.4 Å². The van der Waals surface area contributed by atoms with Gasteiger partial charge in [-0.2, -0.15) is 11.8 Å². The summed E-state index contributed by atoms with van der Waals surface area (Å²) in [6, 6.07) is -1.28. The lowest BCUT2D eigenvalue weighted by Crippen LogP contribution is -2.52. The number of thioether (sulfide) groups is 2. The molecular formula is C18H30N2O5S2. The van der Waals surface area contributed by atoms with E-state index in [-0.39, 0.29) is 29.5 Å². The average molecular weight is 419 g/mol. The molecule has 27 heavy (non-hydrogen) atoms. The highest BCUT2D eigenvalue weighted by atomic mass is 32.2. The first-order valence-corrected chi connectivity index (χ1v) is 11.6. The van der Waals surface area contributed by atoms with Crippen molar-refractivity contribution in [3.05, 3.63) is 0 Å². The van der Waals surface area contributed by atoms with Gasteiger partial charge >= 0.3 is 5.97 Å². The maximum atomic E-state index is 12.8. The number of nitrogens with zero attached hydrogens (tertiary/aromatic N) is 1. The zero-order valence-corrected chi connectivity index (χ0v) is 18.1. The standard InChI is InChI=1S/C18H30N2O5S2/c1-5-25-18(24)14(8-10-26-4)19-16(22)15-7-6-9-20(15)17(23)12(2)11-27-13(3)21/h12,14-15H,5-11H2,1-4H3,(H,19,22)/t12?,14?,15-/m0/s1. The fourth-order valence-electron chi connectivity index (χ4n) is 2.90. The molecule has 0 spiro atoms. The first-order chi connectivity index (χ1) is 12.8. The molecule has 1 saturated heterocycles. The van der Waals surface area contributed by atoms with E-state index >= 15 is 0 Å². The van der Waals surface area contributed by atoms with E-state index in [0.717, 1.165) is 23.9 Å². The van der Waals surface area contributed by atoms with E-state index < -0.39 is 18.1 Å². The van der Waals surface area contributed by atoms with Crippen molar-refractivity contribution < 1.29 is 23.9 Å². The molecule has 9 heteroatoms. The number of rotatable bonds is 10. The summed E-state index contributed by atoms with van der Waals surface area (Å²) < 4.78 is 5.05. The predicted octanol–water partition coefficient (Wildman–Crippen LogP) is 1.69. The molecule has 0 radical (unpaired) electrons. The fourth-order valence-corrected chi connectivity index (χ4v) is 3.99. The molecule has 0 saturated carbocycles. The van der Waals surface area contributed by atoms with Crippen LogP contribution in [0.2, 0.25) is 0 Å². The third-order valence-electron chi connectivity index (χ3n) is 4.29. The van der Waals surface area contributed by atoms with Gasteiger partial charge in [0, 0.05) is 25.1 Å². The molecule has 0 aliphatic carbocycles. The van der Waals surface area contributed by atoms with Crippen LogP contribution in [0.4, 0.5) is 0 Å². The van der Waals surface area contributed by atoms with Gasteiger partial charge in [-0.1, -0.05) is 18.7 Å². The second-order valence-electron chi connectivity index (χ2n) is 6.49. The van der Waals surface area contributed by atoms with Crippen LogP contribution in [0.25, 0.3) is 0 Å². The first kappa shape index (κ1) is 23.8. The van der Waals surface area contributed by atoms with Crippen molar-refractivity contribution in [3.63, 3.8) is 0 Å². The summed E-state index contributed by atoms with van der Waals surface area (Å²) in [6.45, 7) is 5.73. The summed E-state index contributed by atoms with van der Waals surface area (Å²) in [5, 5.41) is 2.74. The Balaban J connectivity index is 2.73. The van der Waals surface area contributed by atoms with Crippen LogP contribution >= 0.6 is 23.5 Å². The predicted molar refractivity (Wildman–Crippen MR) is 109 cm³/mol. The molecule has 154 valence electrons. The van der Waals surface area contributed by atoms with Crippen LogP contribution in [-0.4, -0.2) is 70.8 Å². The summed E-state index contributed by atoms with van der Waals surface area (Å²) in [5.41, 5.74) is 0. The fraction of sp³-hybridized carbons (Fsp3) is 0.778. The Hall–Kier alpha value is -1.22. The van der Waals surface area contributed by atoms with Gasteiger partial charge in [-0.05, 0) is 38.2 Å². The normalized spacial score (nSPS) is 18.7. The van der Waals surface area contributed by atoms with Crippen LogP contribution in [0, 0.1) is 5.92 Å². The summed E-state index contributed by atoms with van der Waals surface area (Å²) in [7, 11) is 0. The Morgan fingerprint density at radius 3 is 2.59 bits per heavy atom. The minimum atomic E-state index is -0.701. The van der Waals surface area contributed by atoms with E-state index in [0.29, 0.717) is 25.1 Å². The van der Waals surface area contributed by atoms with Gasteiger partial charge in [0.05, 0.1) is 6.61 Å². The Labute approximate surface area is 169 Å². The molecule has 0 aromatic carbocycles. The number of hydrogen-bond acceptors (Lipinski definition) is 7. The topological polar surface area (TPSA) is 92.8 Å². The third-order valence-corrected chi connectivity index (χ3v) is 6.01. The monoisotopic (exact) mass is 418 g/mol. The van der Waals surface area contributed by atoms with E-state index in [1.54, 1.807) is 30.5 Å². The van der Waals surface area contributed by atoms with Gasteiger partial charge < -0.3 is 15.0 Å². The number of hydrogen-bond donors (Lipinski definition) is 1. The van der Waals surface area contributed by atoms with Crippen LogP contribution in [-0.2, 0) is 23.9 Å². The third kappa shape index (κ3) is 7.73. The largest absolute Gasteiger partial charge is 0.464 e. The number of ether oxygens (including phenoxy) is 1. The highest BCUT2D eigenvalue weighted by Gasteiger charge is 2.37. The highest BCUT2D eigenvalue weighted by Crippen LogP contribution is 2.22. The molecule has 0 aromatic heterocycles. The molecule has 1 aliphatic heterocycles. The summed E-state index contributed by atoms with van der Waals surface area (Å²) in [4.78, 5) is 50.3. The van der Waals surface area contributed by atoms with E-state index in [1.807, 2.05) is 6.26 Å². The van der Waals surface area contributed by atoms with Crippen molar-refractivity contribution in [1.82, 2.24) is 10.2 Å². The van der Waals surface area contributed by atoms with Gasteiger partial charge in [0.15, 0.2) is 5.12 Å². The Bertz CT molecular complexity index is 544. The summed E-state index contributed by atoms with van der Waals surface area (Å²) in [6.07, 6.45) is 3.73. The Morgan fingerprint density at radius 1 is 1.30 bits per heavy atom. The van der Waals surface area contributed by atoms with Crippen molar-refractivity contribution in [3.8, 4) is 0 Å². The number of carbonyl (C=O) groups is 4. The van der Waals surface area contributed by atoms with Crippen LogP contribution in [0.5, 0.6) is 0 Å². The van der Waals surface area contributed by atoms with E-state index in [1.165, 1.54) is 6.92 Å². The molecule has 1 aliphatic rings. The summed E-state index contributed by atoms with van der Waals surface area (Å²) >= 11 is 2.70. The van der Waals surface area contributed by atoms with Crippen LogP contribution in [0.1, 0.15) is 40.0 Å². The van der Waals surface area contributed by atoms with Gasteiger partial charge in [0.1, 0.15) is 12.1 Å². The molecule has 7 nitrogen and oxygen atoms in total. The zero-order valence-electron chi connectivity index (χ0n) is 16.5. The average Bonchev–Trinajstić information content (AvgIpc) is 3.12. The second-order valence-corrected chi connectivity index (χ2v) is 8.67. The van der Waals surface area contributed by atoms with Crippen molar-refractivity contribution in [2.24, 2.45) is 5.92 Å². The van der Waals surface area contributed by atoms with E-state index in [4.69, 9.17) is 4.74 Å². The van der Waals surface area contributed by atoms with Gasteiger partial charge in [-0.15, -0.1) is 0 Å². The number of carbonyl (C=O) groups excluding carboxylic acids is 4. The van der Waals surface area contributed by atoms with Gasteiger partial charge in [0.2, 0.25) is 11.8 Å². The maximum Gasteiger partial charge on any atom is 0.328 e. The van der Waals surface area contributed by atoms with Gasteiger partial charge in [0.25, 0.3) is 0 Å². The molecule has 1 fully saturated rings. The number of amides is 2. The number of nitrogens with one attached hydrogen (secondary N) is 1. The summed E-state index contributed by atoms with van der Waals surface area (Å²) in [5.74, 6) is -0.106. The molecule has 1 rings (SSSR count). The minimum Gasteiger partial charge on any atom is -0.464 e. The zero-order chi connectivity index (χ0) is 20.4. The van der Waals surface area contributed by atoms with E-state index in [2.05, 4.69) is 5.32 Å². The van der Waals surface area contributed by atoms with Crippen LogP contribution in [0.3, 0.4) is 0 Å². The van der Waals surface area contributed by atoms with Crippen LogP contribution < -0.4 is 5.32 Å². The van der Waals surface area contributed by atoms with E-state index in [9.17, 15) is 19.2 Å². The number of likely N-dealkylation sites (tertiary alicyclic amines) is 1. The van der Waals surface area contributed by atoms with Crippen molar-refractivity contribution in [1.29, 1.82) is 0 Å². The van der Waals surface area contributed by atoms with Crippen molar-refractivity contribution in [2.75, 3.05) is 30.9 Å². The van der Waals surface area contributed by atoms with Gasteiger partial charge in [-0.25, -0.2) is 4.79 Å². The molecular weight excluding hydrogens is 388 g/mol. The molecule has 1 heterocycles. The molecule has 0 bridgehead atoms. The molecule has 1 N–H and O–H groups in total. The van der Waals surface area contributed by atoms with Crippen LogP contribution in [0.15, 0.2) is 0 Å². The lowest BCUT2D eigenvalue weighted by molar-refractivity contribution is -0.148. The minimum absolute atomic E-state index is 0.0311. The lowest BCUT2D eigenvalue weighted by Gasteiger charge is -2.28. The molecule has 0 aromatic rings. The number of esters is 1. The highest BCUT2D eigenvalue weighted by molar-refractivity contribution is 8.13. The molecule has 3 atom stereocenters.